The Morgan fingerprint density at radius 2 is 1.82 bits per heavy atom. The van der Waals surface area contributed by atoms with Crippen molar-refractivity contribution in [3.05, 3.63) is 35.9 Å². The fourth-order valence-corrected chi connectivity index (χ4v) is 5.03. The van der Waals surface area contributed by atoms with Gasteiger partial charge in [0.05, 0.1) is 13.2 Å². The van der Waals surface area contributed by atoms with Crippen molar-refractivity contribution in [3.8, 4) is 0 Å². The van der Waals surface area contributed by atoms with Crippen LogP contribution in [-0.4, -0.2) is 66.3 Å². The molecule has 1 aromatic carbocycles. The molecule has 1 aliphatic heterocycles. The van der Waals surface area contributed by atoms with Gasteiger partial charge in [-0.05, 0) is 18.6 Å². The van der Waals surface area contributed by atoms with Crippen LogP contribution in [0, 0.1) is 5.92 Å². The number of ether oxygens (including phenoxy) is 3. The second-order valence-electron chi connectivity index (χ2n) is 7.86. The van der Waals surface area contributed by atoms with Gasteiger partial charge in [-0.15, -0.1) is 11.8 Å². The molecule has 0 saturated carbocycles. The molecule has 0 aliphatic carbocycles. The van der Waals surface area contributed by atoms with Crippen LogP contribution in [-0.2, 0) is 28.6 Å². The average molecular weight is 481 g/mol. The van der Waals surface area contributed by atoms with Gasteiger partial charge in [-0.3, -0.25) is 14.4 Å². The molecule has 9 nitrogen and oxygen atoms in total. The van der Waals surface area contributed by atoms with Crippen LogP contribution in [0.2, 0.25) is 0 Å². The van der Waals surface area contributed by atoms with Gasteiger partial charge in [0, 0.05) is 31.1 Å². The first-order valence-corrected chi connectivity index (χ1v) is 11.9. The first kappa shape index (κ1) is 26.7. The van der Waals surface area contributed by atoms with Crippen molar-refractivity contribution in [3.63, 3.8) is 0 Å². The molecule has 0 spiro atoms. The number of thioether (sulfide) groups is 1. The molecular formula is C23H32N2O7S. The van der Waals surface area contributed by atoms with Crippen molar-refractivity contribution >= 4 is 35.5 Å². The lowest BCUT2D eigenvalue weighted by Gasteiger charge is -2.45. The molecule has 0 unspecified atom stereocenters. The first-order chi connectivity index (χ1) is 15.7. The molecule has 1 fully saturated rings. The highest BCUT2D eigenvalue weighted by atomic mass is 32.2. The van der Waals surface area contributed by atoms with Gasteiger partial charge in [0.15, 0.2) is 0 Å². The monoisotopic (exact) mass is 480 g/mol. The summed E-state index contributed by atoms with van der Waals surface area (Å²) in [5, 5.41) is 5.52. The lowest BCUT2D eigenvalue weighted by Crippen LogP contribution is -2.60. The summed E-state index contributed by atoms with van der Waals surface area (Å²) in [6.07, 6.45) is -0.140. The Labute approximate surface area is 198 Å². The maximum Gasteiger partial charge on any atom is 0.329 e. The number of esters is 2. The summed E-state index contributed by atoms with van der Waals surface area (Å²) >= 11 is 1.24. The molecule has 1 saturated heterocycles. The number of amides is 2. The van der Waals surface area contributed by atoms with Gasteiger partial charge in [-0.25, -0.2) is 4.79 Å². The molecule has 2 rings (SSSR count). The van der Waals surface area contributed by atoms with Gasteiger partial charge in [0.25, 0.3) is 5.91 Å². The van der Waals surface area contributed by atoms with E-state index < -0.39 is 41.5 Å². The van der Waals surface area contributed by atoms with Crippen LogP contribution in [0.3, 0.4) is 0 Å². The maximum absolute atomic E-state index is 12.6. The average Bonchev–Trinajstić information content (AvgIpc) is 2.79. The highest BCUT2D eigenvalue weighted by molar-refractivity contribution is 7.99. The summed E-state index contributed by atoms with van der Waals surface area (Å²) in [4.78, 5) is 48.6. The molecule has 10 heteroatoms. The van der Waals surface area contributed by atoms with Crippen molar-refractivity contribution in [1.82, 2.24) is 10.6 Å². The number of hydrogen-bond donors (Lipinski definition) is 2. The Kier molecular flexibility index (Phi) is 10.2. The van der Waals surface area contributed by atoms with Crippen LogP contribution in [0.15, 0.2) is 30.3 Å². The summed E-state index contributed by atoms with van der Waals surface area (Å²) in [7, 11) is 1.25. The molecule has 0 radical (unpaired) electrons. The zero-order valence-electron chi connectivity index (χ0n) is 19.5. The number of benzene rings is 1. The van der Waals surface area contributed by atoms with E-state index in [1.165, 1.54) is 32.7 Å². The molecule has 33 heavy (non-hydrogen) atoms. The number of rotatable bonds is 9. The number of hydrogen-bond acceptors (Lipinski definition) is 8. The Hall–Kier alpha value is -2.59. The minimum absolute atomic E-state index is 0.129. The van der Waals surface area contributed by atoms with Gasteiger partial charge in [0.1, 0.15) is 23.6 Å². The Bertz CT molecular complexity index is 835. The smallest absolute Gasteiger partial charge is 0.329 e. The van der Waals surface area contributed by atoms with Gasteiger partial charge in [0.2, 0.25) is 5.91 Å². The quantitative estimate of drug-likeness (QED) is 0.514. The number of methoxy groups -OCH3 is 1. The third-order valence-electron chi connectivity index (χ3n) is 5.39. The third kappa shape index (κ3) is 7.46. The van der Waals surface area contributed by atoms with Gasteiger partial charge < -0.3 is 24.8 Å². The lowest BCUT2D eigenvalue weighted by molar-refractivity contribution is -0.171. The predicted molar refractivity (Wildman–Crippen MR) is 123 cm³/mol. The SMILES string of the molecule is CC[C@H]1O[C@H](SC[C@H](NC(=O)c2ccccc2)C(=O)OC)[C@H](NC(C)=O)[C@@H](OC(C)=O)[C@@H]1C. The fourth-order valence-electron chi connectivity index (χ4n) is 3.78. The summed E-state index contributed by atoms with van der Waals surface area (Å²) < 4.78 is 16.7. The minimum Gasteiger partial charge on any atom is -0.467 e. The molecule has 0 aromatic heterocycles. The number of carbonyl (C=O) groups excluding carboxylic acids is 4. The van der Waals surface area contributed by atoms with E-state index in [9.17, 15) is 19.2 Å². The van der Waals surface area contributed by atoms with Crippen molar-refractivity contribution in [2.75, 3.05) is 12.9 Å². The topological polar surface area (TPSA) is 120 Å². The molecule has 182 valence electrons. The van der Waals surface area contributed by atoms with E-state index in [0.29, 0.717) is 12.0 Å². The Morgan fingerprint density at radius 1 is 1.15 bits per heavy atom. The van der Waals surface area contributed by atoms with Gasteiger partial charge in [-0.1, -0.05) is 32.0 Å². The summed E-state index contributed by atoms with van der Waals surface area (Å²) in [6, 6.07) is 6.96. The molecule has 6 atom stereocenters. The van der Waals surface area contributed by atoms with Crippen molar-refractivity contribution in [1.29, 1.82) is 0 Å². The van der Waals surface area contributed by atoms with E-state index in [2.05, 4.69) is 10.6 Å². The fraction of sp³-hybridized carbons (Fsp3) is 0.565. The third-order valence-corrected chi connectivity index (χ3v) is 6.65. The van der Waals surface area contributed by atoms with Crippen LogP contribution in [0.25, 0.3) is 0 Å². The highest BCUT2D eigenvalue weighted by Gasteiger charge is 2.46. The van der Waals surface area contributed by atoms with Crippen molar-refractivity contribution in [2.24, 2.45) is 5.92 Å². The number of nitrogens with one attached hydrogen (secondary N) is 2. The van der Waals surface area contributed by atoms with Crippen LogP contribution in [0.4, 0.5) is 0 Å². The van der Waals surface area contributed by atoms with E-state index in [-0.39, 0.29) is 23.7 Å². The van der Waals surface area contributed by atoms with Gasteiger partial charge >= 0.3 is 11.9 Å². The van der Waals surface area contributed by atoms with Crippen LogP contribution in [0.1, 0.15) is 44.5 Å². The van der Waals surface area contributed by atoms with Crippen LogP contribution in [0.5, 0.6) is 0 Å². The van der Waals surface area contributed by atoms with E-state index >= 15 is 0 Å². The van der Waals surface area contributed by atoms with E-state index in [1.54, 1.807) is 30.3 Å². The van der Waals surface area contributed by atoms with Crippen molar-refractivity contribution < 1.29 is 33.4 Å². The van der Waals surface area contributed by atoms with E-state index in [0.717, 1.165) is 0 Å². The zero-order chi connectivity index (χ0) is 24.5. The second kappa shape index (κ2) is 12.6. The predicted octanol–water partition coefficient (Wildman–Crippen LogP) is 1.90. The van der Waals surface area contributed by atoms with E-state index in [4.69, 9.17) is 14.2 Å². The highest BCUT2D eigenvalue weighted by Crippen LogP contribution is 2.35. The summed E-state index contributed by atoms with van der Waals surface area (Å²) in [5.41, 5.74) is -0.198. The molecule has 2 N–H and O–H groups in total. The Morgan fingerprint density at radius 3 is 2.36 bits per heavy atom. The lowest BCUT2D eigenvalue weighted by atomic mass is 9.88. The molecule has 1 aliphatic rings. The molecule has 0 bridgehead atoms. The molecule has 2 amide bonds. The number of carbonyl (C=O) groups is 4. The minimum atomic E-state index is -0.944. The van der Waals surface area contributed by atoms with Crippen LogP contribution < -0.4 is 10.6 Å². The standard InChI is InChI=1S/C23H32N2O7S/c1-6-18-13(2)20(31-15(4)27)19(24-14(3)26)23(32-18)33-12-17(22(29)30-5)25-21(28)16-10-8-7-9-11-16/h7-11,13,17-20,23H,6,12H2,1-5H3,(H,24,26)(H,25,28)/t13-,17+,18-,19-,20+,23-/m1/s1. The summed E-state index contributed by atoms with van der Waals surface area (Å²) in [5.74, 6) is -1.78. The molecular weight excluding hydrogens is 448 g/mol. The van der Waals surface area contributed by atoms with Gasteiger partial charge in [-0.2, -0.15) is 0 Å². The second-order valence-corrected chi connectivity index (χ2v) is 8.99. The summed E-state index contributed by atoms with van der Waals surface area (Å²) in [6.45, 7) is 6.57. The van der Waals surface area contributed by atoms with Crippen LogP contribution >= 0.6 is 11.8 Å². The largest absolute Gasteiger partial charge is 0.467 e. The van der Waals surface area contributed by atoms with E-state index in [1.807, 2.05) is 13.8 Å². The molecule has 1 heterocycles. The first-order valence-electron chi connectivity index (χ1n) is 10.8. The zero-order valence-corrected chi connectivity index (χ0v) is 20.3. The normalized spacial score (nSPS) is 25.4. The maximum atomic E-state index is 12.6. The molecule has 1 aromatic rings. The Balaban J connectivity index is 2.20. The van der Waals surface area contributed by atoms with Crippen molar-refractivity contribution in [2.45, 2.75) is 63.8 Å².